The van der Waals surface area contributed by atoms with Crippen LogP contribution < -0.4 is 4.74 Å². The zero-order valence-corrected chi connectivity index (χ0v) is 11.4. The maximum atomic E-state index is 13.8. The van der Waals surface area contributed by atoms with Crippen LogP contribution in [0, 0.1) is 18.2 Å². The van der Waals surface area contributed by atoms with Crippen LogP contribution in [0.3, 0.4) is 0 Å². The lowest BCUT2D eigenvalue weighted by Crippen LogP contribution is -2.60. The summed E-state index contributed by atoms with van der Waals surface area (Å²) < 4.78 is 19.6. The molecule has 2 aliphatic carbocycles. The van der Waals surface area contributed by atoms with Crippen molar-refractivity contribution in [2.24, 2.45) is 5.41 Å². The van der Waals surface area contributed by atoms with Gasteiger partial charge in [0.25, 0.3) is 0 Å². The number of aliphatic hydroxyl groups excluding tert-OH is 1. The number of hydrogen-bond acceptors (Lipinski definition) is 2. The molecule has 1 aromatic carbocycles. The zero-order valence-electron chi connectivity index (χ0n) is 11.4. The SMILES string of the molecule is Cc1ccc(F)c(OC2CC(O)C23CCCCC3)c1. The molecule has 3 rings (SSSR count). The van der Waals surface area contributed by atoms with Crippen molar-refractivity contribution in [2.75, 3.05) is 0 Å². The number of aliphatic hydroxyl groups is 1. The molecule has 2 saturated carbocycles. The zero-order chi connectivity index (χ0) is 13.5. The van der Waals surface area contributed by atoms with Crippen LogP contribution in [0.1, 0.15) is 44.1 Å². The van der Waals surface area contributed by atoms with Crippen molar-refractivity contribution in [1.82, 2.24) is 0 Å². The molecule has 2 unspecified atom stereocenters. The lowest BCUT2D eigenvalue weighted by molar-refractivity contribution is -0.172. The van der Waals surface area contributed by atoms with Crippen LogP contribution in [0.25, 0.3) is 0 Å². The summed E-state index contributed by atoms with van der Waals surface area (Å²) in [5.74, 6) is 0.0276. The predicted octanol–water partition coefficient (Wildman–Crippen LogP) is 3.60. The van der Waals surface area contributed by atoms with E-state index in [1.807, 2.05) is 6.92 Å². The van der Waals surface area contributed by atoms with Gasteiger partial charge in [0.2, 0.25) is 0 Å². The van der Waals surface area contributed by atoms with Crippen LogP contribution in [0.15, 0.2) is 18.2 Å². The normalized spacial score (nSPS) is 29.0. The van der Waals surface area contributed by atoms with Gasteiger partial charge in [0.15, 0.2) is 11.6 Å². The summed E-state index contributed by atoms with van der Waals surface area (Å²) in [5.41, 5.74) is 0.878. The van der Waals surface area contributed by atoms with Gasteiger partial charge in [-0.15, -0.1) is 0 Å². The first kappa shape index (κ1) is 12.9. The monoisotopic (exact) mass is 264 g/mol. The Morgan fingerprint density at radius 2 is 2.00 bits per heavy atom. The lowest BCUT2D eigenvalue weighted by Gasteiger charge is -2.55. The maximum Gasteiger partial charge on any atom is 0.165 e. The first-order valence-corrected chi connectivity index (χ1v) is 7.23. The number of aryl methyl sites for hydroxylation is 1. The third-order valence-corrected chi connectivity index (χ3v) is 4.88. The van der Waals surface area contributed by atoms with Crippen molar-refractivity contribution in [3.8, 4) is 5.75 Å². The quantitative estimate of drug-likeness (QED) is 0.884. The van der Waals surface area contributed by atoms with E-state index >= 15 is 0 Å². The Morgan fingerprint density at radius 3 is 2.68 bits per heavy atom. The van der Waals surface area contributed by atoms with Crippen LogP contribution in [0.5, 0.6) is 5.75 Å². The Kier molecular flexibility index (Phi) is 3.25. The van der Waals surface area contributed by atoms with E-state index in [0.717, 1.165) is 31.2 Å². The fourth-order valence-electron chi connectivity index (χ4n) is 3.61. The molecule has 0 aliphatic heterocycles. The molecule has 0 aromatic heterocycles. The standard InChI is InChI=1S/C16H21FO2/c1-11-5-6-12(17)13(9-11)19-15-10-14(18)16(15)7-3-2-4-8-16/h5-6,9,14-15,18H,2-4,7-8,10H2,1H3. The Balaban J connectivity index is 1.78. The second-order valence-corrected chi connectivity index (χ2v) is 6.09. The van der Waals surface area contributed by atoms with Crippen molar-refractivity contribution in [1.29, 1.82) is 0 Å². The smallest absolute Gasteiger partial charge is 0.165 e. The summed E-state index contributed by atoms with van der Waals surface area (Å²) in [7, 11) is 0. The van der Waals surface area contributed by atoms with E-state index in [0.29, 0.717) is 12.2 Å². The topological polar surface area (TPSA) is 29.5 Å². The number of rotatable bonds is 2. The highest BCUT2D eigenvalue weighted by molar-refractivity contribution is 5.30. The summed E-state index contributed by atoms with van der Waals surface area (Å²) in [6.07, 6.45) is 5.87. The lowest BCUT2D eigenvalue weighted by atomic mass is 9.56. The van der Waals surface area contributed by atoms with Gasteiger partial charge in [-0.2, -0.15) is 0 Å². The molecular weight excluding hydrogens is 243 g/mol. The highest BCUT2D eigenvalue weighted by atomic mass is 19.1. The number of ether oxygens (including phenoxy) is 1. The second kappa shape index (κ2) is 4.78. The van der Waals surface area contributed by atoms with E-state index in [2.05, 4.69) is 0 Å². The van der Waals surface area contributed by atoms with Crippen molar-refractivity contribution in [3.63, 3.8) is 0 Å². The van der Waals surface area contributed by atoms with Crippen molar-refractivity contribution in [3.05, 3.63) is 29.6 Å². The summed E-state index contributed by atoms with van der Waals surface area (Å²) in [4.78, 5) is 0. The number of hydrogen-bond donors (Lipinski definition) is 1. The van der Waals surface area contributed by atoms with Crippen LogP contribution >= 0.6 is 0 Å². The molecule has 2 nitrogen and oxygen atoms in total. The molecule has 2 fully saturated rings. The van der Waals surface area contributed by atoms with Crippen LogP contribution in [-0.4, -0.2) is 17.3 Å². The molecule has 1 aromatic rings. The van der Waals surface area contributed by atoms with Gasteiger partial charge in [-0.25, -0.2) is 4.39 Å². The summed E-state index contributed by atoms with van der Waals surface area (Å²) in [5, 5.41) is 10.1. The average molecular weight is 264 g/mol. The molecular formula is C16H21FO2. The van der Waals surface area contributed by atoms with Crippen LogP contribution in [-0.2, 0) is 0 Å². The molecule has 3 heteroatoms. The van der Waals surface area contributed by atoms with Gasteiger partial charge < -0.3 is 9.84 Å². The molecule has 1 spiro atoms. The first-order chi connectivity index (χ1) is 9.12. The van der Waals surface area contributed by atoms with E-state index in [9.17, 15) is 9.50 Å². The summed E-state index contributed by atoms with van der Waals surface area (Å²) in [6, 6.07) is 4.94. The Hall–Kier alpha value is -1.09. The van der Waals surface area contributed by atoms with E-state index in [1.165, 1.54) is 12.5 Å². The third-order valence-electron chi connectivity index (χ3n) is 4.88. The average Bonchev–Trinajstić information content (AvgIpc) is 2.43. The van der Waals surface area contributed by atoms with Crippen molar-refractivity contribution in [2.45, 2.75) is 57.7 Å². The third kappa shape index (κ3) is 2.14. The minimum atomic E-state index is -0.307. The van der Waals surface area contributed by atoms with Crippen LogP contribution in [0.2, 0.25) is 0 Å². The molecule has 0 saturated heterocycles. The molecule has 0 heterocycles. The van der Waals surface area contributed by atoms with E-state index in [-0.39, 0.29) is 23.4 Å². The van der Waals surface area contributed by atoms with Gasteiger partial charge in [0, 0.05) is 11.8 Å². The predicted molar refractivity (Wildman–Crippen MR) is 71.7 cm³/mol. The molecule has 0 bridgehead atoms. The molecule has 0 radical (unpaired) electrons. The minimum Gasteiger partial charge on any atom is -0.487 e. The number of benzene rings is 1. The number of halogens is 1. The first-order valence-electron chi connectivity index (χ1n) is 7.23. The van der Waals surface area contributed by atoms with Gasteiger partial charge in [0.1, 0.15) is 6.10 Å². The Bertz CT molecular complexity index is 466. The van der Waals surface area contributed by atoms with Crippen molar-refractivity contribution < 1.29 is 14.2 Å². The van der Waals surface area contributed by atoms with E-state index in [4.69, 9.17) is 4.74 Å². The summed E-state index contributed by atoms with van der Waals surface area (Å²) in [6.45, 7) is 1.93. The van der Waals surface area contributed by atoms with Gasteiger partial charge in [0.05, 0.1) is 6.10 Å². The van der Waals surface area contributed by atoms with Gasteiger partial charge in [-0.3, -0.25) is 0 Å². The fourth-order valence-corrected chi connectivity index (χ4v) is 3.61. The molecule has 0 amide bonds. The molecule has 2 atom stereocenters. The molecule has 104 valence electrons. The van der Waals surface area contributed by atoms with Gasteiger partial charge in [-0.05, 0) is 37.5 Å². The van der Waals surface area contributed by atoms with Crippen LogP contribution in [0.4, 0.5) is 4.39 Å². The van der Waals surface area contributed by atoms with Gasteiger partial charge >= 0.3 is 0 Å². The molecule has 19 heavy (non-hydrogen) atoms. The molecule has 2 aliphatic rings. The van der Waals surface area contributed by atoms with Gasteiger partial charge in [-0.1, -0.05) is 25.3 Å². The van der Waals surface area contributed by atoms with E-state index < -0.39 is 0 Å². The molecule has 1 N–H and O–H groups in total. The maximum absolute atomic E-state index is 13.8. The van der Waals surface area contributed by atoms with E-state index in [1.54, 1.807) is 12.1 Å². The highest BCUT2D eigenvalue weighted by Gasteiger charge is 2.56. The Labute approximate surface area is 113 Å². The second-order valence-electron chi connectivity index (χ2n) is 6.09. The highest BCUT2D eigenvalue weighted by Crippen LogP contribution is 2.53. The fraction of sp³-hybridized carbons (Fsp3) is 0.625. The minimum absolute atomic E-state index is 0.0286. The summed E-state index contributed by atoms with van der Waals surface area (Å²) >= 11 is 0. The van der Waals surface area contributed by atoms with Crippen molar-refractivity contribution >= 4 is 0 Å². The Morgan fingerprint density at radius 1 is 1.26 bits per heavy atom. The largest absolute Gasteiger partial charge is 0.487 e.